The van der Waals surface area contributed by atoms with E-state index in [4.69, 9.17) is 0 Å². The second-order valence-electron chi connectivity index (χ2n) is 4.77. The Bertz CT molecular complexity index is 517. The van der Waals surface area contributed by atoms with Crippen LogP contribution in [-0.4, -0.2) is 48.9 Å². The molecule has 0 spiro atoms. The van der Waals surface area contributed by atoms with Gasteiger partial charge in [0.25, 0.3) is 0 Å². The van der Waals surface area contributed by atoms with E-state index in [1.807, 2.05) is 18.3 Å². The number of hydrazine groups is 1. The highest BCUT2D eigenvalue weighted by Gasteiger charge is 2.28. The van der Waals surface area contributed by atoms with Crippen molar-refractivity contribution in [2.24, 2.45) is 0 Å². The largest absolute Gasteiger partial charge is 0.363 e. The zero-order valence-corrected chi connectivity index (χ0v) is 11.3. The summed E-state index contributed by atoms with van der Waals surface area (Å²) in [6, 6.07) is 3.81. The topological polar surface area (TPSA) is 72.5 Å². The molecule has 0 saturated carbocycles. The molecule has 106 valence electrons. The number of anilines is 1. The summed E-state index contributed by atoms with van der Waals surface area (Å²) in [5, 5.41) is 7.47. The first-order valence-corrected chi connectivity index (χ1v) is 6.64. The van der Waals surface area contributed by atoms with Crippen LogP contribution in [0, 0.1) is 0 Å². The molecule has 1 aromatic rings. The summed E-state index contributed by atoms with van der Waals surface area (Å²) in [7, 11) is 1.61. The molecule has 3 rings (SSSR count). The smallest absolute Gasteiger partial charge is 0.316 e. The molecule has 1 unspecified atom stereocenters. The minimum atomic E-state index is -0.191. The lowest BCUT2D eigenvalue weighted by Gasteiger charge is -2.36. The van der Waals surface area contributed by atoms with Gasteiger partial charge in [-0.15, -0.1) is 0 Å². The fourth-order valence-corrected chi connectivity index (χ4v) is 2.46. The molecule has 1 saturated heterocycles. The second-order valence-corrected chi connectivity index (χ2v) is 4.77. The first kappa shape index (κ1) is 12.7. The van der Waals surface area contributed by atoms with Crippen LogP contribution < -0.4 is 21.0 Å². The van der Waals surface area contributed by atoms with E-state index in [-0.39, 0.29) is 12.2 Å². The minimum Gasteiger partial charge on any atom is -0.363 e. The number of piperazine rings is 1. The Labute approximate surface area is 117 Å². The van der Waals surface area contributed by atoms with E-state index in [0.29, 0.717) is 0 Å². The van der Waals surface area contributed by atoms with Gasteiger partial charge in [-0.2, -0.15) is 0 Å². The predicted octanol–water partition coefficient (Wildman–Crippen LogP) is -0.139. The van der Waals surface area contributed by atoms with Crippen LogP contribution >= 0.6 is 0 Å². The van der Waals surface area contributed by atoms with Crippen molar-refractivity contribution in [2.45, 2.75) is 6.17 Å². The molecule has 2 amide bonds. The number of pyridine rings is 1. The molecular formula is C13H18N6O. The number of urea groups is 1. The predicted molar refractivity (Wildman–Crippen MR) is 75.8 cm³/mol. The standard InChI is InChI=1S/C13H18N6O/c1-14-13(20)16-12-7-11-9-18(5-6-19(11)17-12)10-3-2-4-15-8-10/h2-4,7-8,12,17H,5-6,9H2,1H3,(H2,14,16,20). The van der Waals surface area contributed by atoms with Gasteiger partial charge in [-0.05, 0) is 18.2 Å². The van der Waals surface area contributed by atoms with Crippen LogP contribution in [0.2, 0.25) is 0 Å². The summed E-state index contributed by atoms with van der Waals surface area (Å²) in [6.07, 6.45) is 5.54. The number of aromatic nitrogens is 1. The number of carbonyl (C=O) groups is 1. The van der Waals surface area contributed by atoms with E-state index < -0.39 is 0 Å². The zero-order chi connectivity index (χ0) is 13.9. The number of hydrogen-bond acceptors (Lipinski definition) is 5. The molecule has 1 atom stereocenters. The quantitative estimate of drug-likeness (QED) is 0.700. The van der Waals surface area contributed by atoms with Gasteiger partial charge in [-0.3, -0.25) is 4.98 Å². The maximum absolute atomic E-state index is 11.3. The lowest BCUT2D eigenvalue weighted by molar-refractivity contribution is 0.214. The monoisotopic (exact) mass is 274 g/mol. The minimum absolute atomic E-state index is 0.154. The zero-order valence-electron chi connectivity index (χ0n) is 11.3. The molecule has 20 heavy (non-hydrogen) atoms. The number of amides is 2. The van der Waals surface area contributed by atoms with E-state index in [9.17, 15) is 4.79 Å². The second kappa shape index (κ2) is 5.38. The molecule has 0 aromatic carbocycles. The van der Waals surface area contributed by atoms with Crippen LogP contribution in [-0.2, 0) is 0 Å². The molecule has 0 bridgehead atoms. The Hall–Kier alpha value is -2.28. The Balaban J connectivity index is 1.67. The van der Waals surface area contributed by atoms with Crippen LogP contribution in [0.25, 0.3) is 0 Å². The fraction of sp³-hybridized carbons (Fsp3) is 0.385. The number of nitrogens with zero attached hydrogens (tertiary/aromatic N) is 3. The molecule has 2 aliphatic heterocycles. The summed E-state index contributed by atoms with van der Waals surface area (Å²) < 4.78 is 0. The summed E-state index contributed by atoms with van der Waals surface area (Å²) in [5.74, 6) is 0. The molecule has 0 aliphatic carbocycles. The number of hydrogen-bond donors (Lipinski definition) is 3. The van der Waals surface area contributed by atoms with E-state index in [0.717, 1.165) is 25.3 Å². The lowest BCUT2D eigenvalue weighted by Crippen LogP contribution is -2.53. The molecule has 2 aliphatic rings. The molecular weight excluding hydrogens is 256 g/mol. The molecule has 1 aromatic heterocycles. The highest BCUT2D eigenvalue weighted by Crippen LogP contribution is 2.21. The van der Waals surface area contributed by atoms with Gasteiger partial charge in [0.1, 0.15) is 6.17 Å². The van der Waals surface area contributed by atoms with Gasteiger partial charge in [0, 0.05) is 25.5 Å². The van der Waals surface area contributed by atoms with Crippen molar-refractivity contribution in [3.8, 4) is 0 Å². The Morgan fingerprint density at radius 2 is 2.40 bits per heavy atom. The maximum atomic E-state index is 11.3. The Morgan fingerprint density at radius 1 is 1.50 bits per heavy atom. The van der Waals surface area contributed by atoms with E-state index in [2.05, 4.69) is 37.0 Å². The van der Waals surface area contributed by atoms with Gasteiger partial charge in [-0.25, -0.2) is 10.2 Å². The lowest BCUT2D eigenvalue weighted by atomic mass is 10.2. The third-order valence-corrected chi connectivity index (χ3v) is 3.47. The highest BCUT2D eigenvalue weighted by atomic mass is 16.2. The SMILES string of the molecule is CNC(=O)NC1C=C2CN(c3cccnc3)CCN2N1. The van der Waals surface area contributed by atoms with Gasteiger partial charge < -0.3 is 20.5 Å². The van der Waals surface area contributed by atoms with Crippen molar-refractivity contribution < 1.29 is 4.79 Å². The van der Waals surface area contributed by atoms with Gasteiger partial charge >= 0.3 is 6.03 Å². The molecule has 7 heteroatoms. The first-order chi connectivity index (χ1) is 9.76. The summed E-state index contributed by atoms with van der Waals surface area (Å²) in [5.41, 5.74) is 5.55. The number of fused-ring (bicyclic) bond motifs is 1. The van der Waals surface area contributed by atoms with Gasteiger partial charge in [0.15, 0.2) is 0 Å². The van der Waals surface area contributed by atoms with Crippen molar-refractivity contribution in [2.75, 3.05) is 31.6 Å². The average Bonchev–Trinajstić information content (AvgIpc) is 2.89. The van der Waals surface area contributed by atoms with Crippen LogP contribution in [0.5, 0.6) is 0 Å². The van der Waals surface area contributed by atoms with Gasteiger partial charge in [-0.1, -0.05) is 0 Å². The molecule has 3 heterocycles. The van der Waals surface area contributed by atoms with Crippen molar-refractivity contribution in [3.63, 3.8) is 0 Å². The number of rotatable bonds is 2. The highest BCUT2D eigenvalue weighted by molar-refractivity contribution is 5.74. The summed E-state index contributed by atoms with van der Waals surface area (Å²) in [6.45, 7) is 2.60. The first-order valence-electron chi connectivity index (χ1n) is 6.64. The van der Waals surface area contributed by atoms with Crippen LogP contribution in [0.3, 0.4) is 0 Å². The van der Waals surface area contributed by atoms with Gasteiger partial charge in [0.05, 0.1) is 25.0 Å². The number of carbonyl (C=O) groups excluding carboxylic acids is 1. The van der Waals surface area contributed by atoms with Crippen LogP contribution in [0.15, 0.2) is 36.3 Å². The Morgan fingerprint density at radius 3 is 3.15 bits per heavy atom. The van der Waals surface area contributed by atoms with E-state index in [1.165, 1.54) is 5.70 Å². The van der Waals surface area contributed by atoms with Crippen molar-refractivity contribution in [1.82, 2.24) is 26.1 Å². The van der Waals surface area contributed by atoms with Crippen LogP contribution in [0.1, 0.15) is 0 Å². The fourth-order valence-electron chi connectivity index (χ4n) is 2.46. The summed E-state index contributed by atoms with van der Waals surface area (Å²) >= 11 is 0. The number of nitrogens with one attached hydrogen (secondary N) is 3. The third-order valence-electron chi connectivity index (χ3n) is 3.47. The van der Waals surface area contributed by atoms with Crippen molar-refractivity contribution in [1.29, 1.82) is 0 Å². The average molecular weight is 274 g/mol. The maximum Gasteiger partial charge on any atom is 0.316 e. The molecule has 1 fully saturated rings. The normalized spacial score (nSPS) is 21.2. The Kier molecular flexibility index (Phi) is 3.42. The summed E-state index contributed by atoms with van der Waals surface area (Å²) in [4.78, 5) is 17.8. The molecule has 0 radical (unpaired) electrons. The van der Waals surface area contributed by atoms with Crippen LogP contribution in [0.4, 0.5) is 10.5 Å². The molecule has 3 N–H and O–H groups in total. The van der Waals surface area contributed by atoms with E-state index in [1.54, 1.807) is 13.2 Å². The van der Waals surface area contributed by atoms with E-state index >= 15 is 0 Å². The van der Waals surface area contributed by atoms with Gasteiger partial charge in [0.2, 0.25) is 0 Å². The van der Waals surface area contributed by atoms with Crippen molar-refractivity contribution >= 4 is 11.7 Å². The molecule has 7 nitrogen and oxygen atoms in total. The van der Waals surface area contributed by atoms with Crippen molar-refractivity contribution in [3.05, 3.63) is 36.3 Å². The third kappa shape index (κ3) is 2.53.